The van der Waals surface area contributed by atoms with Gasteiger partial charge in [0.2, 0.25) is 5.91 Å². The van der Waals surface area contributed by atoms with Crippen LogP contribution in [0.25, 0.3) is 0 Å². The summed E-state index contributed by atoms with van der Waals surface area (Å²) in [7, 11) is 0. The molecule has 6 heteroatoms. The lowest BCUT2D eigenvalue weighted by Gasteiger charge is -2.20. The summed E-state index contributed by atoms with van der Waals surface area (Å²) in [5, 5.41) is 23.1. The maximum Gasteiger partial charge on any atom is 0.305 e. The first-order valence-electron chi connectivity index (χ1n) is 31.1. The normalized spacial score (nSPS) is 13.0. The lowest BCUT2D eigenvalue weighted by atomic mass is 10.0. The zero-order valence-electron chi connectivity index (χ0n) is 47.2. The highest BCUT2D eigenvalue weighted by molar-refractivity contribution is 5.76. The van der Waals surface area contributed by atoms with Gasteiger partial charge in [0, 0.05) is 12.8 Å². The van der Waals surface area contributed by atoms with Gasteiger partial charge in [-0.1, -0.05) is 267 Å². The summed E-state index contributed by atoms with van der Waals surface area (Å²) in [6.07, 6.45) is 78.3. The van der Waals surface area contributed by atoms with Crippen molar-refractivity contribution in [3.63, 3.8) is 0 Å². The first-order valence-corrected chi connectivity index (χ1v) is 31.1. The number of hydrogen-bond donors (Lipinski definition) is 3. The molecule has 0 aromatic rings. The smallest absolute Gasteiger partial charge is 0.305 e. The summed E-state index contributed by atoms with van der Waals surface area (Å²) >= 11 is 0. The van der Waals surface area contributed by atoms with Crippen LogP contribution in [0.2, 0.25) is 0 Å². The van der Waals surface area contributed by atoms with Gasteiger partial charge in [-0.25, -0.2) is 0 Å². The molecule has 71 heavy (non-hydrogen) atoms. The molecule has 2 atom stereocenters. The van der Waals surface area contributed by atoms with Crippen molar-refractivity contribution in [2.45, 2.75) is 328 Å². The molecule has 0 radical (unpaired) electrons. The van der Waals surface area contributed by atoms with Crippen LogP contribution in [0.3, 0.4) is 0 Å². The summed E-state index contributed by atoms with van der Waals surface area (Å²) in [6, 6.07) is -0.636. The highest BCUT2D eigenvalue weighted by Crippen LogP contribution is 2.16. The summed E-state index contributed by atoms with van der Waals surface area (Å²) in [5.74, 6) is -0.0808. The van der Waals surface area contributed by atoms with E-state index in [0.29, 0.717) is 19.4 Å². The number of rotatable bonds is 57. The molecule has 0 fully saturated rings. The third-order valence-corrected chi connectivity index (χ3v) is 14.0. The summed E-state index contributed by atoms with van der Waals surface area (Å²) in [6.45, 7) is 4.87. The number of aliphatic hydroxyl groups is 2. The van der Waals surface area contributed by atoms with Gasteiger partial charge in [0.15, 0.2) is 0 Å². The second-order valence-corrected chi connectivity index (χ2v) is 21.0. The predicted molar refractivity (Wildman–Crippen MR) is 310 cm³/mol. The largest absolute Gasteiger partial charge is 0.466 e. The highest BCUT2D eigenvalue weighted by atomic mass is 16.5. The fourth-order valence-electron chi connectivity index (χ4n) is 9.22. The molecule has 0 aliphatic heterocycles. The first kappa shape index (κ1) is 68.6. The molecule has 414 valence electrons. The Labute approximate surface area is 441 Å². The van der Waals surface area contributed by atoms with E-state index in [2.05, 4.69) is 67.8 Å². The number of unbranched alkanes of at least 4 members (excludes halogenated alkanes) is 38. The molecule has 0 rings (SSSR count). The van der Waals surface area contributed by atoms with Crippen molar-refractivity contribution in [2.75, 3.05) is 13.2 Å². The Morgan fingerprint density at radius 3 is 1.10 bits per heavy atom. The van der Waals surface area contributed by atoms with Crippen LogP contribution in [0.1, 0.15) is 316 Å². The summed E-state index contributed by atoms with van der Waals surface area (Å²) in [5.41, 5.74) is 0. The minimum absolute atomic E-state index is 0.00185. The fourth-order valence-corrected chi connectivity index (χ4v) is 9.22. The van der Waals surface area contributed by atoms with Gasteiger partial charge in [0.25, 0.3) is 0 Å². The lowest BCUT2D eigenvalue weighted by molar-refractivity contribution is -0.143. The maximum atomic E-state index is 12.4. The van der Waals surface area contributed by atoms with Gasteiger partial charge < -0.3 is 20.3 Å². The molecule has 0 aliphatic carbocycles. The standard InChI is InChI=1S/C65H119NO5/c1-3-5-7-9-11-13-15-17-19-27-31-35-39-43-47-51-55-59-65(70)71-60-56-52-48-44-40-36-32-29-26-24-22-20-21-23-25-28-30-34-38-42-46-50-54-58-64(69)66-62(61-67)63(68)57-53-49-45-41-37-33-18-16-14-12-10-8-6-4-2/h11,13,17,19-20,22-23,25,53,57,62-63,67-68H,3-10,12,14-16,18,21,24,26-52,54-56,58-61H2,1-2H3,(H,66,69)/b13-11-,19-17-,22-20-,25-23-,57-53+. The number of carbonyl (C=O) groups excluding carboxylic acids is 2. The average molecular weight is 995 g/mol. The molecular formula is C65H119NO5. The van der Waals surface area contributed by atoms with Gasteiger partial charge in [-0.15, -0.1) is 0 Å². The molecule has 0 aromatic heterocycles. The van der Waals surface area contributed by atoms with Crippen LogP contribution >= 0.6 is 0 Å². The number of allylic oxidation sites excluding steroid dienone is 9. The van der Waals surface area contributed by atoms with Gasteiger partial charge in [0.05, 0.1) is 25.4 Å². The van der Waals surface area contributed by atoms with Crippen LogP contribution in [0, 0.1) is 0 Å². The van der Waals surface area contributed by atoms with E-state index in [1.54, 1.807) is 6.08 Å². The van der Waals surface area contributed by atoms with Gasteiger partial charge in [-0.2, -0.15) is 0 Å². The van der Waals surface area contributed by atoms with Crippen molar-refractivity contribution in [1.82, 2.24) is 5.32 Å². The van der Waals surface area contributed by atoms with Crippen LogP contribution in [-0.2, 0) is 14.3 Å². The second-order valence-electron chi connectivity index (χ2n) is 21.0. The van der Waals surface area contributed by atoms with E-state index >= 15 is 0 Å². The van der Waals surface area contributed by atoms with Gasteiger partial charge in [-0.05, 0) is 96.3 Å². The molecule has 0 bridgehead atoms. The molecular weight excluding hydrogens is 875 g/mol. The topological polar surface area (TPSA) is 95.9 Å². The Hall–Kier alpha value is -2.44. The molecule has 0 aliphatic rings. The molecule has 0 heterocycles. The Balaban J connectivity index is 3.47. The van der Waals surface area contributed by atoms with Crippen LogP contribution in [0.5, 0.6) is 0 Å². The number of aliphatic hydroxyl groups excluding tert-OH is 2. The van der Waals surface area contributed by atoms with Crippen molar-refractivity contribution in [1.29, 1.82) is 0 Å². The predicted octanol–water partition coefficient (Wildman–Crippen LogP) is 19.5. The molecule has 2 unspecified atom stereocenters. The average Bonchev–Trinajstić information content (AvgIpc) is 3.37. The number of esters is 1. The quantitative estimate of drug-likeness (QED) is 0.0321. The van der Waals surface area contributed by atoms with Crippen molar-refractivity contribution >= 4 is 11.9 Å². The molecule has 6 nitrogen and oxygen atoms in total. The van der Waals surface area contributed by atoms with E-state index in [1.807, 2.05) is 6.08 Å². The van der Waals surface area contributed by atoms with E-state index in [1.165, 1.54) is 218 Å². The third-order valence-electron chi connectivity index (χ3n) is 14.0. The van der Waals surface area contributed by atoms with Gasteiger partial charge in [0.1, 0.15) is 0 Å². The van der Waals surface area contributed by atoms with Crippen molar-refractivity contribution < 1.29 is 24.5 Å². The fraction of sp³-hybridized carbons (Fsp3) is 0.815. The molecule has 1 amide bonds. The van der Waals surface area contributed by atoms with Crippen LogP contribution in [0.4, 0.5) is 0 Å². The Morgan fingerprint density at radius 1 is 0.394 bits per heavy atom. The number of nitrogens with one attached hydrogen (secondary N) is 1. The Morgan fingerprint density at radius 2 is 0.704 bits per heavy atom. The van der Waals surface area contributed by atoms with Crippen molar-refractivity contribution in [3.05, 3.63) is 60.8 Å². The van der Waals surface area contributed by atoms with E-state index in [4.69, 9.17) is 4.74 Å². The Kier molecular flexibility index (Phi) is 58.1. The maximum absolute atomic E-state index is 12.4. The second kappa shape index (κ2) is 60.1. The molecule has 3 N–H and O–H groups in total. The third kappa shape index (κ3) is 56.7. The van der Waals surface area contributed by atoms with Crippen molar-refractivity contribution in [2.24, 2.45) is 0 Å². The van der Waals surface area contributed by atoms with Crippen molar-refractivity contribution in [3.8, 4) is 0 Å². The van der Waals surface area contributed by atoms with E-state index in [0.717, 1.165) is 70.6 Å². The molecule has 0 saturated heterocycles. The number of carbonyl (C=O) groups is 2. The lowest BCUT2D eigenvalue weighted by Crippen LogP contribution is -2.45. The molecule has 0 aromatic carbocycles. The zero-order valence-corrected chi connectivity index (χ0v) is 47.2. The van der Waals surface area contributed by atoms with Crippen LogP contribution in [0.15, 0.2) is 60.8 Å². The van der Waals surface area contributed by atoms with E-state index < -0.39 is 12.1 Å². The first-order chi connectivity index (χ1) is 35.0. The SMILES string of the molecule is CCCCC/C=C\C/C=C\CCCCCCCCCC(=O)OCCCCCCCCCCC/C=C\C/C=C\CCCCCCCCCC(=O)NC(CO)C(O)/C=C/CCCCCCCCCCCCCC. The zero-order chi connectivity index (χ0) is 51.4. The molecule has 0 spiro atoms. The minimum atomic E-state index is -0.852. The van der Waals surface area contributed by atoms with E-state index in [9.17, 15) is 19.8 Å². The van der Waals surface area contributed by atoms with Crippen LogP contribution in [-0.4, -0.2) is 47.4 Å². The van der Waals surface area contributed by atoms with E-state index in [-0.39, 0.29) is 18.5 Å². The number of hydrogen-bond acceptors (Lipinski definition) is 5. The minimum Gasteiger partial charge on any atom is -0.466 e. The molecule has 0 saturated carbocycles. The Bertz CT molecular complexity index is 1240. The van der Waals surface area contributed by atoms with Gasteiger partial charge >= 0.3 is 5.97 Å². The summed E-state index contributed by atoms with van der Waals surface area (Å²) in [4.78, 5) is 24.5. The van der Waals surface area contributed by atoms with Gasteiger partial charge in [-0.3, -0.25) is 9.59 Å². The summed E-state index contributed by atoms with van der Waals surface area (Å²) < 4.78 is 5.48. The van der Waals surface area contributed by atoms with Crippen LogP contribution < -0.4 is 5.32 Å². The number of amides is 1. The highest BCUT2D eigenvalue weighted by Gasteiger charge is 2.18. The number of ether oxygens (including phenoxy) is 1. The monoisotopic (exact) mass is 994 g/mol.